The van der Waals surface area contributed by atoms with E-state index < -0.39 is 0 Å². The van der Waals surface area contributed by atoms with E-state index in [1.165, 1.54) is 0 Å². The van der Waals surface area contributed by atoms with Gasteiger partial charge < -0.3 is 19.5 Å². The van der Waals surface area contributed by atoms with Crippen LogP contribution in [0, 0.1) is 5.92 Å². The predicted octanol–water partition coefficient (Wildman–Crippen LogP) is 2.87. The maximum Gasteiger partial charge on any atom is 0.161 e. The topological polar surface area (TPSA) is 39.7 Å². The molecule has 2 unspecified atom stereocenters. The van der Waals surface area contributed by atoms with E-state index in [1.54, 1.807) is 7.11 Å². The van der Waals surface area contributed by atoms with Crippen molar-refractivity contribution in [2.75, 3.05) is 26.8 Å². The third-order valence-electron chi connectivity index (χ3n) is 3.61. The molecule has 118 valence electrons. The number of hydrogen-bond donors (Lipinski definition) is 1. The molecule has 1 aliphatic rings. The molecule has 1 fully saturated rings. The molecule has 1 N–H and O–H groups in total. The first-order chi connectivity index (χ1) is 10.2. The van der Waals surface area contributed by atoms with Gasteiger partial charge in [-0.15, -0.1) is 0 Å². The van der Waals surface area contributed by atoms with Crippen LogP contribution in [0.3, 0.4) is 0 Å². The fraction of sp³-hybridized carbons (Fsp3) is 0.647. The summed E-state index contributed by atoms with van der Waals surface area (Å²) < 4.78 is 17.1. The quantitative estimate of drug-likeness (QED) is 0.800. The Hall–Kier alpha value is -1.26. The number of ether oxygens (including phenoxy) is 3. The van der Waals surface area contributed by atoms with E-state index in [9.17, 15) is 0 Å². The summed E-state index contributed by atoms with van der Waals surface area (Å²) in [5.74, 6) is 2.23. The van der Waals surface area contributed by atoms with Crippen LogP contribution in [-0.2, 0) is 4.74 Å². The first-order valence-electron chi connectivity index (χ1n) is 7.81. The average molecular weight is 293 g/mol. The Kier molecular flexibility index (Phi) is 6.33. The van der Waals surface area contributed by atoms with Gasteiger partial charge in [0.05, 0.1) is 19.3 Å². The number of methoxy groups -OCH3 is 1. The number of hydrogen-bond acceptors (Lipinski definition) is 4. The zero-order valence-electron chi connectivity index (χ0n) is 13.3. The van der Waals surface area contributed by atoms with Crippen molar-refractivity contribution in [3.63, 3.8) is 0 Å². The summed E-state index contributed by atoms with van der Waals surface area (Å²) >= 11 is 0. The minimum Gasteiger partial charge on any atom is -0.493 e. The third kappa shape index (κ3) is 5.21. The van der Waals surface area contributed by atoms with Crippen molar-refractivity contribution in [3.05, 3.63) is 24.3 Å². The second kappa shape index (κ2) is 8.25. The van der Waals surface area contributed by atoms with Crippen molar-refractivity contribution in [1.82, 2.24) is 5.32 Å². The van der Waals surface area contributed by atoms with Gasteiger partial charge in [-0.05, 0) is 37.4 Å². The Morgan fingerprint density at radius 3 is 2.62 bits per heavy atom. The maximum atomic E-state index is 6.01. The Bertz CT molecular complexity index is 422. The Labute approximate surface area is 127 Å². The van der Waals surface area contributed by atoms with E-state index in [-0.39, 0.29) is 6.10 Å². The Balaban J connectivity index is 1.70. The molecule has 0 saturated carbocycles. The van der Waals surface area contributed by atoms with Gasteiger partial charge in [-0.1, -0.05) is 26.0 Å². The van der Waals surface area contributed by atoms with E-state index in [0.717, 1.165) is 37.4 Å². The monoisotopic (exact) mass is 293 g/mol. The second-order valence-corrected chi connectivity index (χ2v) is 5.97. The molecule has 2 rings (SSSR count). The lowest BCUT2D eigenvalue weighted by Gasteiger charge is -2.16. The minimum atomic E-state index is 0.181. The molecule has 4 heteroatoms. The number of benzene rings is 1. The zero-order valence-corrected chi connectivity index (χ0v) is 13.3. The van der Waals surface area contributed by atoms with Crippen LogP contribution in [0.4, 0.5) is 0 Å². The molecule has 0 bridgehead atoms. The van der Waals surface area contributed by atoms with Crippen LogP contribution >= 0.6 is 0 Å². The standard InChI is InChI=1S/C17H27NO3/c1-13(2)10-18-11-14-8-9-15(21-14)12-20-17-7-5-4-6-16(17)19-3/h4-7,13-15,18H,8-12H2,1-3H3. The molecule has 1 aromatic rings. The molecule has 1 saturated heterocycles. The average Bonchev–Trinajstić information content (AvgIpc) is 2.93. The number of rotatable bonds is 8. The molecular formula is C17H27NO3. The van der Waals surface area contributed by atoms with Gasteiger partial charge >= 0.3 is 0 Å². The highest BCUT2D eigenvalue weighted by Gasteiger charge is 2.25. The molecule has 0 aliphatic carbocycles. The molecule has 0 amide bonds. The SMILES string of the molecule is COc1ccccc1OCC1CCC(CNCC(C)C)O1. The highest BCUT2D eigenvalue weighted by Crippen LogP contribution is 2.27. The van der Waals surface area contributed by atoms with Crippen LogP contribution < -0.4 is 14.8 Å². The molecule has 0 radical (unpaired) electrons. The van der Waals surface area contributed by atoms with Crippen LogP contribution in [-0.4, -0.2) is 39.0 Å². The second-order valence-electron chi connectivity index (χ2n) is 5.97. The van der Waals surface area contributed by atoms with Crippen molar-refractivity contribution in [1.29, 1.82) is 0 Å². The smallest absolute Gasteiger partial charge is 0.161 e. The van der Waals surface area contributed by atoms with E-state index in [1.807, 2.05) is 24.3 Å². The zero-order chi connectivity index (χ0) is 15.1. The van der Waals surface area contributed by atoms with E-state index in [0.29, 0.717) is 18.6 Å². The van der Waals surface area contributed by atoms with Crippen LogP contribution in [0.2, 0.25) is 0 Å². The predicted molar refractivity (Wildman–Crippen MR) is 84.1 cm³/mol. The van der Waals surface area contributed by atoms with Gasteiger partial charge in [0.15, 0.2) is 11.5 Å². The normalized spacial score (nSPS) is 21.7. The number of nitrogens with one attached hydrogen (secondary N) is 1. The summed E-state index contributed by atoms with van der Waals surface area (Å²) in [5.41, 5.74) is 0. The lowest BCUT2D eigenvalue weighted by Crippen LogP contribution is -2.30. The van der Waals surface area contributed by atoms with Crippen molar-refractivity contribution in [3.8, 4) is 11.5 Å². The highest BCUT2D eigenvalue weighted by atomic mass is 16.6. The Morgan fingerprint density at radius 2 is 1.90 bits per heavy atom. The van der Waals surface area contributed by atoms with Crippen molar-refractivity contribution >= 4 is 0 Å². The molecule has 4 nitrogen and oxygen atoms in total. The summed E-state index contributed by atoms with van der Waals surface area (Å²) in [6, 6.07) is 7.72. The molecule has 0 spiro atoms. The highest BCUT2D eigenvalue weighted by molar-refractivity contribution is 5.39. The molecule has 2 atom stereocenters. The van der Waals surface area contributed by atoms with Crippen LogP contribution in [0.5, 0.6) is 11.5 Å². The van der Waals surface area contributed by atoms with Crippen LogP contribution in [0.15, 0.2) is 24.3 Å². The van der Waals surface area contributed by atoms with Gasteiger partial charge in [0.1, 0.15) is 6.61 Å². The summed E-state index contributed by atoms with van der Waals surface area (Å²) in [6.45, 7) is 6.99. The fourth-order valence-corrected chi connectivity index (χ4v) is 2.51. The van der Waals surface area contributed by atoms with Gasteiger partial charge in [-0.25, -0.2) is 0 Å². The lowest BCUT2D eigenvalue weighted by atomic mass is 10.2. The van der Waals surface area contributed by atoms with Crippen molar-refractivity contribution < 1.29 is 14.2 Å². The molecule has 1 aliphatic heterocycles. The van der Waals surface area contributed by atoms with Gasteiger partial charge in [0, 0.05) is 6.54 Å². The first-order valence-corrected chi connectivity index (χ1v) is 7.81. The third-order valence-corrected chi connectivity index (χ3v) is 3.61. The molecule has 1 aromatic carbocycles. The molecule has 0 aromatic heterocycles. The summed E-state index contributed by atoms with van der Waals surface area (Å²) in [4.78, 5) is 0. The van der Waals surface area contributed by atoms with E-state index in [4.69, 9.17) is 14.2 Å². The fourth-order valence-electron chi connectivity index (χ4n) is 2.51. The van der Waals surface area contributed by atoms with Crippen molar-refractivity contribution in [2.24, 2.45) is 5.92 Å². The molecular weight excluding hydrogens is 266 g/mol. The van der Waals surface area contributed by atoms with Gasteiger partial charge in [0.2, 0.25) is 0 Å². The summed E-state index contributed by atoms with van der Waals surface area (Å²) in [6.07, 6.45) is 2.66. The summed E-state index contributed by atoms with van der Waals surface area (Å²) in [5, 5.41) is 3.45. The van der Waals surface area contributed by atoms with Gasteiger partial charge in [-0.3, -0.25) is 0 Å². The molecule has 1 heterocycles. The number of para-hydroxylation sites is 2. The van der Waals surface area contributed by atoms with Crippen LogP contribution in [0.1, 0.15) is 26.7 Å². The van der Waals surface area contributed by atoms with Gasteiger partial charge in [0.25, 0.3) is 0 Å². The summed E-state index contributed by atoms with van der Waals surface area (Å²) in [7, 11) is 1.66. The largest absolute Gasteiger partial charge is 0.493 e. The van der Waals surface area contributed by atoms with E-state index in [2.05, 4.69) is 19.2 Å². The first kappa shape index (κ1) is 16.1. The van der Waals surface area contributed by atoms with E-state index >= 15 is 0 Å². The molecule has 21 heavy (non-hydrogen) atoms. The lowest BCUT2D eigenvalue weighted by molar-refractivity contribution is 0.0179. The minimum absolute atomic E-state index is 0.181. The van der Waals surface area contributed by atoms with Crippen molar-refractivity contribution in [2.45, 2.75) is 38.9 Å². The Morgan fingerprint density at radius 1 is 1.19 bits per heavy atom. The van der Waals surface area contributed by atoms with Gasteiger partial charge in [-0.2, -0.15) is 0 Å². The van der Waals surface area contributed by atoms with Crippen LogP contribution in [0.25, 0.3) is 0 Å². The maximum absolute atomic E-state index is 6.01.